The first-order chi connectivity index (χ1) is 7.40. The molecule has 0 bridgehead atoms. The molecule has 3 heteroatoms. The average molecular weight is 240 g/mol. The second kappa shape index (κ2) is 5.28. The number of hydrogen-bond acceptors (Lipinski definition) is 3. The Balaban J connectivity index is 3.10. The van der Waals surface area contributed by atoms with Gasteiger partial charge in [0.05, 0.1) is 10.7 Å². The van der Waals surface area contributed by atoms with Gasteiger partial charge in [0.25, 0.3) is 0 Å². The van der Waals surface area contributed by atoms with Crippen molar-refractivity contribution in [1.29, 1.82) is 0 Å². The van der Waals surface area contributed by atoms with Crippen LogP contribution in [0.1, 0.15) is 62.5 Å². The Morgan fingerprint density at radius 2 is 2.00 bits per heavy atom. The first kappa shape index (κ1) is 13.7. The van der Waals surface area contributed by atoms with E-state index >= 15 is 0 Å². The van der Waals surface area contributed by atoms with Crippen LogP contribution in [0, 0.1) is 0 Å². The van der Waals surface area contributed by atoms with E-state index in [1.54, 1.807) is 0 Å². The fourth-order valence-electron chi connectivity index (χ4n) is 1.62. The van der Waals surface area contributed by atoms with Crippen molar-refractivity contribution in [2.75, 3.05) is 7.05 Å². The van der Waals surface area contributed by atoms with E-state index in [9.17, 15) is 0 Å². The lowest BCUT2D eigenvalue weighted by molar-refractivity contribution is 0.558. The maximum Gasteiger partial charge on any atom is 0.0959 e. The number of aromatic nitrogens is 1. The second-order valence-corrected chi connectivity index (χ2v) is 6.53. The molecule has 0 aliphatic carbocycles. The zero-order chi connectivity index (χ0) is 12.3. The molecule has 1 N–H and O–H groups in total. The van der Waals surface area contributed by atoms with Crippen molar-refractivity contribution in [2.45, 2.75) is 58.9 Å². The normalized spacial score (nSPS) is 14.1. The van der Waals surface area contributed by atoms with Gasteiger partial charge in [0.2, 0.25) is 0 Å². The first-order valence-electron chi connectivity index (χ1n) is 6.04. The van der Waals surface area contributed by atoms with E-state index in [-0.39, 0.29) is 5.41 Å². The molecule has 0 aliphatic heterocycles. The molecule has 0 spiro atoms. The average Bonchev–Trinajstić information content (AvgIpc) is 2.61. The maximum absolute atomic E-state index is 4.85. The van der Waals surface area contributed by atoms with Gasteiger partial charge in [-0.2, -0.15) is 0 Å². The van der Waals surface area contributed by atoms with Crippen LogP contribution in [-0.2, 0) is 12.0 Å². The molecule has 16 heavy (non-hydrogen) atoms. The van der Waals surface area contributed by atoms with Crippen LogP contribution in [-0.4, -0.2) is 12.0 Å². The lowest BCUT2D eigenvalue weighted by Gasteiger charge is -2.17. The summed E-state index contributed by atoms with van der Waals surface area (Å²) in [6.07, 6.45) is 1.16. The highest BCUT2D eigenvalue weighted by molar-refractivity contribution is 7.11. The second-order valence-electron chi connectivity index (χ2n) is 5.41. The molecule has 0 fully saturated rings. The van der Waals surface area contributed by atoms with E-state index in [0.29, 0.717) is 5.92 Å². The van der Waals surface area contributed by atoms with Crippen molar-refractivity contribution in [3.63, 3.8) is 0 Å². The Kier molecular flexibility index (Phi) is 4.51. The molecule has 0 amide bonds. The lowest BCUT2D eigenvalue weighted by Crippen LogP contribution is -2.16. The fourth-order valence-corrected chi connectivity index (χ4v) is 3.04. The van der Waals surface area contributed by atoms with Gasteiger partial charge in [0.1, 0.15) is 0 Å². The Morgan fingerprint density at radius 1 is 1.38 bits per heavy atom. The summed E-state index contributed by atoms with van der Waals surface area (Å²) in [6, 6.07) is 0. The zero-order valence-electron chi connectivity index (χ0n) is 11.3. The molecule has 0 aromatic carbocycles. The first-order valence-corrected chi connectivity index (χ1v) is 6.86. The summed E-state index contributed by atoms with van der Waals surface area (Å²) in [5.41, 5.74) is 1.41. The van der Waals surface area contributed by atoms with Gasteiger partial charge in [-0.1, -0.05) is 34.6 Å². The summed E-state index contributed by atoms with van der Waals surface area (Å²) in [7, 11) is 2.00. The largest absolute Gasteiger partial charge is 0.315 e. The molecule has 0 saturated heterocycles. The van der Waals surface area contributed by atoms with Gasteiger partial charge in [0, 0.05) is 22.8 Å². The van der Waals surface area contributed by atoms with Crippen molar-refractivity contribution in [3.8, 4) is 0 Å². The van der Waals surface area contributed by atoms with Crippen molar-refractivity contribution < 1.29 is 0 Å². The molecule has 1 aromatic heterocycles. The van der Waals surface area contributed by atoms with Crippen LogP contribution >= 0.6 is 11.3 Å². The van der Waals surface area contributed by atoms with Gasteiger partial charge in [-0.15, -0.1) is 11.3 Å². The van der Waals surface area contributed by atoms with Gasteiger partial charge in [-0.3, -0.25) is 0 Å². The molecular weight excluding hydrogens is 216 g/mol. The zero-order valence-corrected chi connectivity index (χ0v) is 12.2. The molecule has 0 saturated carbocycles. The molecule has 1 heterocycles. The number of nitrogens with zero attached hydrogens (tertiary/aromatic N) is 1. The molecule has 0 aliphatic rings. The van der Waals surface area contributed by atoms with Crippen LogP contribution in [0.15, 0.2) is 0 Å². The standard InChI is InChI=1S/C13H24N2S/c1-7-9(2)12-15-11(13(3,4)5)10(16-12)8-14-6/h9,14H,7-8H2,1-6H3. The quantitative estimate of drug-likeness (QED) is 0.868. The molecule has 1 unspecified atom stereocenters. The molecule has 1 rings (SSSR count). The highest BCUT2D eigenvalue weighted by atomic mass is 32.1. The predicted molar refractivity (Wildman–Crippen MR) is 72.3 cm³/mol. The highest BCUT2D eigenvalue weighted by Gasteiger charge is 2.23. The highest BCUT2D eigenvalue weighted by Crippen LogP contribution is 2.33. The third-order valence-corrected chi connectivity index (χ3v) is 4.08. The van der Waals surface area contributed by atoms with Gasteiger partial charge >= 0.3 is 0 Å². The minimum Gasteiger partial charge on any atom is -0.315 e. The minimum atomic E-state index is 0.147. The van der Waals surface area contributed by atoms with Crippen molar-refractivity contribution >= 4 is 11.3 Å². The van der Waals surface area contributed by atoms with Gasteiger partial charge in [0.15, 0.2) is 0 Å². The van der Waals surface area contributed by atoms with E-state index in [1.165, 1.54) is 15.6 Å². The number of nitrogens with one attached hydrogen (secondary N) is 1. The summed E-state index contributed by atoms with van der Waals surface area (Å²) in [5.74, 6) is 0.580. The third-order valence-electron chi connectivity index (χ3n) is 2.80. The van der Waals surface area contributed by atoms with Crippen molar-refractivity contribution in [1.82, 2.24) is 10.3 Å². The Bertz CT molecular complexity index is 336. The monoisotopic (exact) mass is 240 g/mol. The van der Waals surface area contributed by atoms with Gasteiger partial charge in [-0.05, 0) is 13.5 Å². The lowest BCUT2D eigenvalue weighted by atomic mass is 9.91. The van der Waals surface area contributed by atoms with Gasteiger partial charge < -0.3 is 5.32 Å². The molecular formula is C13H24N2S. The van der Waals surface area contributed by atoms with Crippen LogP contribution in [0.3, 0.4) is 0 Å². The van der Waals surface area contributed by atoms with Crippen LogP contribution < -0.4 is 5.32 Å². The molecule has 1 aromatic rings. The summed E-state index contributed by atoms with van der Waals surface area (Å²) < 4.78 is 0. The third kappa shape index (κ3) is 3.05. The van der Waals surface area contributed by atoms with E-state index in [0.717, 1.165) is 13.0 Å². The van der Waals surface area contributed by atoms with E-state index in [2.05, 4.69) is 39.9 Å². The number of thiazole rings is 1. The SMILES string of the molecule is CCC(C)c1nc(C(C)(C)C)c(CNC)s1. The van der Waals surface area contributed by atoms with Crippen LogP contribution in [0.5, 0.6) is 0 Å². The van der Waals surface area contributed by atoms with Crippen LogP contribution in [0.2, 0.25) is 0 Å². The minimum absolute atomic E-state index is 0.147. The fraction of sp³-hybridized carbons (Fsp3) is 0.769. The summed E-state index contributed by atoms with van der Waals surface area (Å²) >= 11 is 1.87. The molecule has 92 valence electrons. The van der Waals surface area contributed by atoms with Crippen molar-refractivity contribution in [3.05, 3.63) is 15.6 Å². The molecule has 2 nitrogen and oxygen atoms in total. The maximum atomic E-state index is 4.85. The molecule has 1 atom stereocenters. The summed E-state index contributed by atoms with van der Waals surface area (Å²) in [5, 5.41) is 4.53. The topological polar surface area (TPSA) is 24.9 Å². The summed E-state index contributed by atoms with van der Waals surface area (Å²) in [6.45, 7) is 12.1. The number of hydrogen-bond donors (Lipinski definition) is 1. The molecule has 0 radical (unpaired) electrons. The van der Waals surface area contributed by atoms with E-state index in [1.807, 2.05) is 18.4 Å². The van der Waals surface area contributed by atoms with E-state index in [4.69, 9.17) is 4.98 Å². The van der Waals surface area contributed by atoms with Gasteiger partial charge in [-0.25, -0.2) is 4.98 Å². The van der Waals surface area contributed by atoms with E-state index < -0.39 is 0 Å². The Labute approximate surface area is 103 Å². The van der Waals surface area contributed by atoms with Crippen LogP contribution in [0.4, 0.5) is 0 Å². The Morgan fingerprint density at radius 3 is 2.44 bits per heavy atom. The van der Waals surface area contributed by atoms with Crippen LogP contribution in [0.25, 0.3) is 0 Å². The Hall–Kier alpha value is -0.410. The smallest absolute Gasteiger partial charge is 0.0959 e. The number of rotatable bonds is 4. The van der Waals surface area contributed by atoms with Crippen molar-refractivity contribution in [2.24, 2.45) is 0 Å². The summed E-state index contributed by atoms with van der Waals surface area (Å²) in [4.78, 5) is 6.24. The predicted octanol–water partition coefficient (Wildman–Crippen LogP) is 3.67.